The summed E-state index contributed by atoms with van der Waals surface area (Å²) in [5.41, 5.74) is 2.97. The van der Waals surface area contributed by atoms with E-state index in [0.717, 1.165) is 29.9 Å². The molecule has 1 fully saturated rings. The lowest BCUT2D eigenvalue weighted by Crippen LogP contribution is -2.46. The average molecular weight is 343 g/mol. The topological polar surface area (TPSA) is 73.1 Å². The molecule has 0 N–H and O–H groups in total. The van der Waals surface area contributed by atoms with Gasteiger partial charge in [0.15, 0.2) is 0 Å². The molecule has 0 aliphatic carbocycles. The quantitative estimate of drug-likeness (QED) is 0.795. The molecule has 0 bridgehead atoms. The molecule has 1 amide bonds. The van der Waals surface area contributed by atoms with E-state index in [0.29, 0.717) is 32.7 Å². The number of hydrogen-bond acceptors (Lipinski definition) is 5. The van der Waals surface area contributed by atoms with Gasteiger partial charge >= 0.3 is 0 Å². The first-order chi connectivity index (χ1) is 12.1. The van der Waals surface area contributed by atoms with E-state index < -0.39 is 0 Å². The van der Waals surface area contributed by atoms with Gasteiger partial charge in [-0.05, 0) is 38.8 Å². The van der Waals surface area contributed by atoms with Crippen molar-refractivity contribution in [3.8, 4) is 0 Å². The molecule has 2 aromatic heterocycles. The zero-order valence-electron chi connectivity index (χ0n) is 14.9. The molecule has 3 heterocycles. The standard InChI is InChI=1S/C18H25N5O2/c1-14-5-7-23(21-14)8-6-18(24)22-9-10-25-17(12-22)4-3-16-11-15(2)19-13-20-16/h5,7,11,13,17H,3-4,6,8-10,12H2,1-2H3/t17-/m1/s1. The number of carbonyl (C=O) groups is 1. The second-order valence-corrected chi connectivity index (χ2v) is 6.49. The number of amides is 1. The predicted octanol–water partition coefficient (Wildman–Crippen LogP) is 1.54. The Labute approximate surface area is 148 Å². The Hall–Kier alpha value is -2.28. The third-order valence-corrected chi connectivity index (χ3v) is 4.40. The van der Waals surface area contributed by atoms with E-state index in [1.165, 1.54) is 0 Å². The highest BCUT2D eigenvalue weighted by Gasteiger charge is 2.24. The van der Waals surface area contributed by atoms with E-state index in [1.807, 2.05) is 41.8 Å². The molecule has 0 aromatic carbocycles. The number of aryl methyl sites for hydroxylation is 4. The first-order valence-corrected chi connectivity index (χ1v) is 8.77. The second kappa shape index (κ2) is 8.20. The van der Waals surface area contributed by atoms with Gasteiger partial charge in [0, 0.05) is 43.6 Å². The maximum atomic E-state index is 12.5. The van der Waals surface area contributed by atoms with Crippen LogP contribution in [0.15, 0.2) is 24.7 Å². The molecule has 0 radical (unpaired) electrons. The van der Waals surface area contributed by atoms with E-state index in [-0.39, 0.29) is 12.0 Å². The van der Waals surface area contributed by atoms with Gasteiger partial charge in [0.05, 0.1) is 18.4 Å². The number of morpholine rings is 1. The second-order valence-electron chi connectivity index (χ2n) is 6.49. The first-order valence-electron chi connectivity index (χ1n) is 8.77. The molecule has 1 aliphatic rings. The minimum Gasteiger partial charge on any atom is -0.375 e. The van der Waals surface area contributed by atoms with Crippen LogP contribution >= 0.6 is 0 Å². The van der Waals surface area contributed by atoms with Crippen LogP contribution in [0.2, 0.25) is 0 Å². The van der Waals surface area contributed by atoms with Crippen molar-refractivity contribution >= 4 is 5.91 Å². The lowest BCUT2D eigenvalue weighted by atomic mass is 10.1. The molecule has 134 valence electrons. The normalized spacial score (nSPS) is 17.7. The fourth-order valence-corrected chi connectivity index (χ4v) is 3.03. The predicted molar refractivity (Wildman–Crippen MR) is 93.0 cm³/mol. The third kappa shape index (κ3) is 5.09. The Kier molecular flexibility index (Phi) is 5.75. The Morgan fingerprint density at radius 1 is 1.32 bits per heavy atom. The summed E-state index contributed by atoms with van der Waals surface area (Å²) in [4.78, 5) is 22.8. The monoisotopic (exact) mass is 343 g/mol. The average Bonchev–Trinajstić information content (AvgIpc) is 3.03. The summed E-state index contributed by atoms with van der Waals surface area (Å²) in [6.07, 6.45) is 5.74. The van der Waals surface area contributed by atoms with Crippen molar-refractivity contribution in [3.05, 3.63) is 41.7 Å². The molecule has 2 aromatic rings. The van der Waals surface area contributed by atoms with Crippen LogP contribution in [-0.2, 0) is 22.5 Å². The van der Waals surface area contributed by atoms with Gasteiger partial charge in [0.25, 0.3) is 0 Å². The number of nitrogens with zero attached hydrogens (tertiary/aromatic N) is 5. The van der Waals surface area contributed by atoms with Crippen LogP contribution in [0.5, 0.6) is 0 Å². The Morgan fingerprint density at radius 2 is 2.20 bits per heavy atom. The van der Waals surface area contributed by atoms with Gasteiger partial charge in [-0.25, -0.2) is 9.97 Å². The fraction of sp³-hybridized carbons (Fsp3) is 0.556. The summed E-state index contributed by atoms with van der Waals surface area (Å²) in [5, 5.41) is 4.32. The van der Waals surface area contributed by atoms with Gasteiger partial charge < -0.3 is 9.64 Å². The van der Waals surface area contributed by atoms with Crippen LogP contribution in [0.1, 0.15) is 29.9 Å². The molecule has 1 aliphatic heterocycles. The van der Waals surface area contributed by atoms with Crippen LogP contribution in [0.25, 0.3) is 0 Å². The van der Waals surface area contributed by atoms with Gasteiger partial charge in [0.2, 0.25) is 5.91 Å². The Bertz CT molecular complexity index is 715. The van der Waals surface area contributed by atoms with Gasteiger partial charge in [-0.15, -0.1) is 0 Å². The molecule has 1 atom stereocenters. The highest BCUT2D eigenvalue weighted by molar-refractivity contribution is 5.76. The maximum absolute atomic E-state index is 12.5. The smallest absolute Gasteiger partial charge is 0.224 e. The van der Waals surface area contributed by atoms with Crippen molar-refractivity contribution in [3.63, 3.8) is 0 Å². The van der Waals surface area contributed by atoms with E-state index >= 15 is 0 Å². The molecule has 1 saturated heterocycles. The zero-order valence-corrected chi connectivity index (χ0v) is 14.9. The SMILES string of the molecule is Cc1cc(CC[C@@H]2CN(C(=O)CCn3ccc(C)n3)CCO2)ncn1. The van der Waals surface area contributed by atoms with Crippen molar-refractivity contribution < 1.29 is 9.53 Å². The van der Waals surface area contributed by atoms with Crippen molar-refractivity contribution in [1.82, 2.24) is 24.6 Å². The summed E-state index contributed by atoms with van der Waals surface area (Å²) < 4.78 is 7.64. The van der Waals surface area contributed by atoms with E-state index in [2.05, 4.69) is 15.1 Å². The van der Waals surface area contributed by atoms with Crippen molar-refractivity contribution in [1.29, 1.82) is 0 Å². The molecule has 0 saturated carbocycles. The van der Waals surface area contributed by atoms with Gasteiger partial charge in [-0.3, -0.25) is 9.48 Å². The summed E-state index contributed by atoms with van der Waals surface area (Å²) in [7, 11) is 0. The number of ether oxygens (including phenoxy) is 1. The van der Waals surface area contributed by atoms with Crippen LogP contribution in [0.4, 0.5) is 0 Å². The minimum absolute atomic E-state index is 0.0694. The van der Waals surface area contributed by atoms with E-state index in [4.69, 9.17) is 4.74 Å². The highest BCUT2D eigenvalue weighted by atomic mass is 16.5. The third-order valence-electron chi connectivity index (χ3n) is 4.40. The maximum Gasteiger partial charge on any atom is 0.224 e. The number of carbonyl (C=O) groups excluding carboxylic acids is 1. The lowest BCUT2D eigenvalue weighted by Gasteiger charge is -2.33. The molecule has 7 nitrogen and oxygen atoms in total. The number of rotatable bonds is 6. The Morgan fingerprint density at radius 3 is 2.96 bits per heavy atom. The van der Waals surface area contributed by atoms with E-state index in [1.54, 1.807) is 6.33 Å². The fourth-order valence-electron chi connectivity index (χ4n) is 3.03. The molecular formula is C18H25N5O2. The van der Waals surface area contributed by atoms with Crippen molar-refractivity contribution in [2.45, 2.75) is 45.8 Å². The minimum atomic E-state index is 0.0694. The van der Waals surface area contributed by atoms with Gasteiger partial charge in [0.1, 0.15) is 6.33 Å². The van der Waals surface area contributed by atoms with Crippen molar-refractivity contribution in [2.75, 3.05) is 19.7 Å². The number of aromatic nitrogens is 4. The molecule has 3 rings (SSSR count). The van der Waals surface area contributed by atoms with Crippen LogP contribution in [0.3, 0.4) is 0 Å². The molecular weight excluding hydrogens is 318 g/mol. The summed E-state index contributed by atoms with van der Waals surface area (Å²) >= 11 is 0. The van der Waals surface area contributed by atoms with Gasteiger partial charge in [-0.1, -0.05) is 0 Å². The molecule has 0 spiro atoms. The largest absolute Gasteiger partial charge is 0.375 e. The van der Waals surface area contributed by atoms with Gasteiger partial charge in [-0.2, -0.15) is 5.10 Å². The van der Waals surface area contributed by atoms with Crippen LogP contribution in [-0.4, -0.2) is 56.4 Å². The van der Waals surface area contributed by atoms with Crippen LogP contribution in [0, 0.1) is 13.8 Å². The molecule has 25 heavy (non-hydrogen) atoms. The summed E-state index contributed by atoms with van der Waals surface area (Å²) in [5.74, 6) is 0.166. The highest BCUT2D eigenvalue weighted by Crippen LogP contribution is 2.13. The molecule has 7 heteroatoms. The molecule has 0 unspecified atom stereocenters. The summed E-state index contributed by atoms with van der Waals surface area (Å²) in [6, 6.07) is 3.95. The first kappa shape index (κ1) is 17.5. The summed E-state index contributed by atoms with van der Waals surface area (Å²) in [6.45, 7) is 6.45. The van der Waals surface area contributed by atoms with Crippen LogP contribution < -0.4 is 0 Å². The van der Waals surface area contributed by atoms with Crippen molar-refractivity contribution in [2.24, 2.45) is 0 Å². The van der Waals surface area contributed by atoms with E-state index in [9.17, 15) is 4.79 Å². The lowest BCUT2D eigenvalue weighted by molar-refractivity contribution is -0.139. The zero-order chi connectivity index (χ0) is 17.6. The number of hydrogen-bond donors (Lipinski definition) is 0. The Balaban J connectivity index is 1.46.